The Labute approximate surface area is 206 Å². The van der Waals surface area contributed by atoms with Crippen LogP contribution in [0.15, 0.2) is 68.9 Å². The van der Waals surface area contributed by atoms with Gasteiger partial charge in [-0.3, -0.25) is 5.32 Å². The van der Waals surface area contributed by atoms with Gasteiger partial charge in [-0.2, -0.15) is 10.2 Å². The first-order valence-corrected chi connectivity index (χ1v) is 8.70. The maximum Gasteiger partial charge on any atom is 0.417 e. The highest BCUT2D eigenvalue weighted by molar-refractivity contribution is 8.93. The Morgan fingerprint density at radius 3 is 1.53 bits per heavy atom. The number of benzene rings is 2. The molecule has 0 aliphatic heterocycles. The van der Waals surface area contributed by atoms with Crippen LogP contribution >= 0.6 is 34.0 Å². The Morgan fingerprint density at radius 2 is 1.12 bits per heavy atom. The van der Waals surface area contributed by atoms with E-state index in [9.17, 15) is 4.79 Å². The average Bonchev–Trinajstić information content (AvgIpc) is 2.71. The number of anilines is 1. The zero-order valence-electron chi connectivity index (χ0n) is 17.4. The van der Waals surface area contributed by atoms with Crippen molar-refractivity contribution in [1.29, 1.82) is 0 Å². The number of nitrogens with zero attached hydrogens (tertiary/aromatic N) is 4. The summed E-state index contributed by atoms with van der Waals surface area (Å²) < 4.78 is 5.27. The predicted octanol–water partition coefficient (Wildman–Crippen LogP) is 2.45. The molecule has 0 saturated carbocycles. The molecule has 1 amide bonds. The zero-order valence-corrected chi connectivity index (χ0v) is 20.8. The standard InChI is InChI=1S/C19H23N9O2.2BrH/c1-11(25-27-17(20)21)13-3-7-15(8-4-13)24-19(29)30-16-9-5-14(6-10-16)12(2)26-28-18(22)23;;/h3-10H,1-2H3,(H,24,29)(H4,20,21,27)(H4,22,23,28);2*1H/b25-11+,26-12+;;. The van der Waals surface area contributed by atoms with E-state index in [0.29, 0.717) is 22.9 Å². The summed E-state index contributed by atoms with van der Waals surface area (Å²) in [5.41, 5.74) is 24.3. The van der Waals surface area contributed by atoms with E-state index in [1.54, 1.807) is 62.4 Å². The number of halogens is 2. The first-order valence-electron chi connectivity index (χ1n) is 8.70. The molecule has 2 rings (SSSR count). The third-order valence-corrected chi connectivity index (χ3v) is 3.66. The summed E-state index contributed by atoms with van der Waals surface area (Å²) >= 11 is 0. The van der Waals surface area contributed by atoms with Crippen LogP contribution in [0.4, 0.5) is 10.5 Å². The van der Waals surface area contributed by atoms with Gasteiger partial charge in [0, 0.05) is 5.69 Å². The topological polar surface area (TPSA) is 192 Å². The minimum absolute atomic E-state index is 0. The van der Waals surface area contributed by atoms with E-state index in [-0.39, 0.29) is 45.9 Å². The van der Waals surface area contributed by atoms with Crippen LogP contribution in [0.25, 0.3) is 0 Å². The van der Waals surface area contributed by atoms with E-state index in [4.69, 9.17) is 27.7 Å². The molecule has 0 bridgehead atoms. The van der Waals surface area contributed by atoms with Gasteiger partial charge >= 0.3 is 6.09 Å². The summed E-state index contributed by atoms with van der Waals surface area (Å²) in [6.45, 7) is 3.51. The second kappa shape index (κ2) is 13.8. The molecule has 2 aromatic carbocycles. The van der Waals surface area contributed by atoms with Crippen LogP contribution in [-0.4, -0.2) is 29.4 Å². The van der Waals surface area contributed by atoms with Crippen LogP contribution in [-0.2, 0) is 0 Å². The third kappa shape index (κ3) is 9.57. The van der Waals surface area contributed by atoms with Gasteiger partial charge in [0.1, 0.15) is 5.75 Å². The molecule has 0 aliphatic rings. The highest BCUT2D eigenvalue weighted by Gasteiger charge is 2.07. The predicted molar refractivity (Wildman–Crippen MR) is 139 cm³/mol. The molecular formula is C19H25Br2N9O2. The Hall–Kier alpha value is -3.45. The Balaban J connectivity index is 0.00000480. The largest absolute Gasteiger partial charge is 0.417 e. The first-order chi connectivity index (χ1) is 14.2. The van der Waals surface area contributed by atoms with Crippen LogP contribution in [0.2, 0.25) is 0 Å². The van der Waals surface area contributed by atoms with E-state index in [2.05, 4.69) is 25.7 Å². The minimum atomic E-state index is -0.632. The van der Waals surface area contributed by atoms with Gasteiger partial charge in [-0.05, 0) is 61.4 Å². The number of carbonyl (C=O) groups is 1. The SMILES string of the molecule is Br.Br.C/C(=N\N=C(N)N)c1ccc(NC(=O)Oc2ccc(/C(C)=N/N=C(N)N)cc2)cc1. The highest BCUT2D eigenvalue weighted by Crippen LogP contribution is 2.15. The number of guanidine groups is 2. The van der Waals surface area contributed by atoms with Gasteiger partial charge in [0.25, 0.3) is 0 Å². The van der Waals surface area contributed by atoms with Crippen LogP contribution in [0.3, 0.4) is 0 Å². The van der Waals surface area contributed by atoms with E-state index in [1.807, 2.05) is 0 Å². The van der Waals surface area contributed by atoms with Gasteiger partial charge in [0.15, 0.2) is 0 Å². The number of amides is 1. The van der Waals surface area contributed by atoms with Gasteiger partial charge in [0.2, 0.25) is 11.9 Å². The lowest BCUT2D eigenvalue weighted by atomic mass is 10.1. The van der Waals surface area contributed by atoms with Crippen molar-refractivity contribution in [3.05, 3.63) is 59.7 Å². The Kier molecular flexibility index (Phi) is 12.3. The van der Waals surface area contributed by atoms with E-state index in [1.165, 1.54) is 0 Å². The summed E-state index contributed by atoms with van der Waals surface area (Å²) in [6, 6.07) is 13.7. The molecule has 2 aromatic rings. The molecule has 0 aliphatic carbocycles. The monoisotopic (exact) mass is 569 g/mol. The van der Waals surface area contributed by atoms with Crippen molar-refractivity contribution >= 4 is 69.1 Å². The fraction of sp³-hybridized carbons (Fsp3) is 0.105. The zero-order chi connectivity index (χ0) is 22.1. The smallest absolute Gasteiger partial charge is 0.410 e. The second-order valence-electron chi connectivity index (χ2n) is 6.04. The molecule has 0 aromatic heterocycles. The number of hydrogen-bond donors (Lipinski definition) is 5. The average molecular weight is 571 g/mol. The first kappa shape index (κ1) is 28.5. The molecule has 0 atom stereocenters. The number of nitrogens with one attached hydrogen (secondary N) is 1. The maximum atomic E-state index is 12.1. The van der Waals surface area contributed by atoms with Crippen LogP contribution in [0.1, 0.15) is 25.0 Å². The van der Waals surface area contributed by atoms with Crippen molar-refractivity contribution in [2.45, 2.75) is 13.8 Å². The molecule has 32 heavy (non-hydrogen) atoms. The molecule has 172 valence electrons. The van der Waals surface area contributed by atoms with Crippen LogP contribution < -0.4 is 33.0 Å². The van der Waals surface area contributed by atoms with Gasteiger partial charge in [-0.15, -0.1) is 44.2 Å². The fourth-order valence-electron chi connectivity index (χ4n) is 2.19. The number of rotatable bonds is 6. The molecule has 0 spiro atoms. The van der Waals surface area contributed by atoms with Gasteiger partial charge in [0.05, 0.1) is 11.4 Å². The third-order valence-electron chi connectivity index (χ3n) is 3.66. The molecule has 13 heteroatoms. The number of carbonyl (C=O) groups excluding carboxylic acids is 1. The van der Waals surface area contributed by atoms with Crippen molar-refractivity contribution in [2.24, 2.45) is 43.3 Å². The molecule has 0 fully saturated rings. The van der Waals surface area contributed by atoms with Gasteiger partial charge in [-0.25, -0.2) is 4.79 Å². The minimum Gasteiger partial charge on any atom is -0.410 e. The van der Waals surface area contributed by atoms with Crippen LogP contribution in [0.5, 0.6) is 5.75 Å². The van der Waals surface area contributed by atoms with E-state index >= 15 is 0 Å². The Bertz CT molecular complexity index is 929. The number of nitrogens with two attached hydrogens (primary N) is 4. The van der Waals surface area contributed by atoms with Gasteiger partial charge in [-0.1, -0.05) is 12.1 Å². The summed E-state index contributed by atoms with van der Waals surface area (Å²) in [4.78, 5) is 12.1. The van der Waals surface area contributed by atoms with Crippen LogP contribution in [0, 0.1) is 0 Å². The van der Waals surface area contributed by atoms with E-state index < -0.39 is 6.09 Å². The van der Waals surface area contributed by atoms with Crippen molar-refractivity contribution in [1.82, 2.24) is 0 Å². The molecular weight excluding hydrogens is 546 g/mol. The Morgan fingerprint density at radius 1 is 0.719 bits per heavy atom. The van der Waals surface area contributed by atoms with Crippen molar-refractivity contribution < 1.29 is 9.53 Å². The molecule has 0 unspecified atom stereocenters. The summed E-state index contributed by atoms with van der Waals surface area (Å²) in [5.74, 6) is 0.109. The number of hydrogen-bond acceptors (Lipinski definition) is 6. The van der Waals surface area contributed by atoms with Gasteiger partial charge < -0.3 is 27.7 Å². The summed E-state index contributed by atoms with van der Waals surface area (Å²) in [7, 11) is 0. The molecule has 0 saturated heterocycles. The lowest BCUT2D eigenvalue weighted by Gasteiger charge is -2.08. The lowest BCUT2D eigenvalue weighted by molar-refractivity contribution is 0.215. The number of ether oxygens (including phenoxy) is 1. The van der Waals surface area contributed by atoms with Crippen molar-refractivity contribution in [3.63, 3.8) is 0 Å². The second-order valence-corrected chi connectivity index (χ2v) is 6.04. The summed E-state index contributed by atoms with van der Waals surface area (Å²) in [6.07, 6.45) is -0.632. The highest BCUT2D eigenvalue weighted by atomic mass is 79.9. The van der Waals surface area contributed by atoms with Crippen molar-refractivity contribution in [3.8, 4) is 5.75 Å². The molecule has 0 radical (unpaired) electrons. The summed E-state index contributed by atoms with van der Waals surface area (Å²) in [5, 5.41) is 17.6. The lowest BCUT2D eigenvalue weighted by Crippen LogP contribution is -2.22. The quantitative estimate of drug-likeness (QED) is 0.201. The van der Waals surface area contributed by atoms with E-state index in [0.717, 1.165) is 11.1 Å². The molecule has 9 N–H and O–H groups in total. The maximum absolute atomic E-state index is 12.1. The van der Waals surface area contributed by atoms with Crippen molar-refractivity contribution in [2.75, 3.05) is 5.32 Å². The fourth-order valence-corrected chi connectivity index (χ4v) is 2.19. The normalized spacial score (nSPS) is 10.7. The molecule has 11 nitrogen and oxygen atoms in total. The molecule has 0 heterocycles.